The van der Waals surface area contributed by atoms with Crippen molar-refractivity contribution in [1.29, 1.82) is 0 Å². The van der Waals surface area contributed by atoms with Crippen LogP contribution in [0.1, 0.15) is 29.8 Å². The molecule has 0 saturated carbocycles. The molecule has 1 rings (SSSR count). The van der Waals surface area contributed by atoms with Crippen LogP contribution >= 0.6 is 0 Å². The Morgan fingerprint density at radius 2 is 2.06 bits per heavy atom. The van der Waals surface area contributed by atoms with Crippen LogP contribution in [-0.4, -0.2) is 12.4 Å². The average molecular weight is 232 g/mol. The van der Waals surface area contributed by atoms with Crippen molar-refractivity contribution in [2.75, 3.05) is 0 Å². The Kier molecular flexibility index (Phi) is 3.93. The summed E-state index contributed by atoms with van der Waals surface area (Å²) >= 11 is 0. The van der Waals surface area contributed by atoms with E-state index in [1.165, 1.54) is 13.0 Å². The van der Waals surface area contributed by atoms with E-state index in [2.05, 4.69) is 4.74 Å². The molecule has 0 spiro atoms. The molecule has 5 heteroatoms. The van der Waals surface area contributed by atoms with E-state index in [-0.39, 0.29) is 23.3 Å². The van der Waals surface area contributed by atoms with E-state index in [1.807, 2.05) is 0 Å². The highest BCUT2D eigenvalue weighted by Gasteiger charge is 2.17. The number of carbonyl (C=O) groups excluding carboxylic acids is 1. The fourth-order valence-electron chi connectivity index (χ4n) is 1.41. The maximum atomic E-state index is 13.7. The molecule has 0 fully saturated rings. The maximum Gasteiger partial charge on any atom is 0.387 e. The van der Waals surface area contributed by atoms with Crippen molar-refractivity contribution in [3.63, 3.8) is 0 Å². The van der Waals surface area contributed by atoms with Crippen LogP contribution in [0.15, 0.2) is 12.1 Å². The first-order valence-corrected chi connectivity index (χ1v) is 4.74. The fourth-order valence-corrected chi connectivity index (χ4v) is 1.41. The van der Waals surface area contributed by atoms with Gasteiger partial charge < -0.3 is 4.74 Å². The van der Waals surface area contributed by atoms with Gasteiger partial charge in [-0.15, -0.1) is 0 Å². The molecule has 0 radical (unpaired) electrons. The molecular weight excluding hydrogens is 221 g/mol. The van der Waals surface area contributed by atoms with Crippen LogP contribution < -0.4 is 4.74 Å². The highest BCUT2D eigenvalue weighted by atomic mass is 19.3. The van der Waals surface area contributed by atoms with E-state index in [9.17, 15) is 18.0 Å². The zero-order valence-electron chi connectivity index (χ0n) is 8.89. The van der Waals surface area contributed by atoms with Crippen molar-refractivity contribution in [2.24, 2.45) is 0 Å². The second kappa shape index (κ2) is 5.01. The van der Waals surface area contributed by atoms with Gasteiger partial charge in [-0.3, -0.25) is 4.79 Å². The molecule has 1 aromatic carbocycles. The summed E-state index contributed by atoms with van der Waals surface area (Å²) in [5.74, 6) is -1.45. The lowest BCUT2D eigenvalue weighted by molar-refractivity contribution is -0.0506. The molecule has 0 aromatic heterocycles. The van der Waals surface area contributed by atoms with Gasteiger partial charge in [0.25, 0.3) is 0 Å². The molecule has 0 atom stereocenters. The van der Waals surface area contributed by atoms with Gasteiger partial charge in [-0.1, -0.05) is 6.92 Å². The Morgan fingerprint density at radius 1 is 1.44 bits per heavy atom. The lowest BCUT2D eigenvalue weighted by Crippen LogP contribution is -2.08. The molecule has 0 aliphatic heterocycles. The van der Waals surface area contributed by atoms with Crippen molar-refractivity contribution in [3.8, 4) is 5.75 Å². The molecule has 1 aromatic rings. The van der Waals surface area contributed by atoms with E-state index in [0.29, 0.717) is 0 Å². The van der Waals surface area contributed by atoms with Crippen molar-refractivity contribution in [2.45, 2.75) is 26.9 Å². The van der Waals surface area contributed by atoms with Gasteiger partial charge in [0.1, 0.15) is 11.6 Å². The number of carbonyl (C=O) groups is 1. The Bertz CT molecular complexity index is 402. The molecule has 88 valence electrons. The van der Waals surface area contributed by atoms with Crippen molar-refractivity contribution >= 4 is 5.78 Å². The normalized spacial score (nSPS) is 10.6. The fraction of sp³-hybridized carbons (Fsp3) is 0.364. The topological polar surface area (TPSA) is 26.3 Å². The number of alkyl halides is 2. The Morgan fingerprint density at radius 3 is 2.50 bits per heavy atom. The first-order valence-electron chi connectivity index (χ1n) is 4.74. The Labute approximate surface area is 91.0 Å². The summed E-state index contributed by atoms with van der Waals surface area (Å²) in [7, 11) is 0. The zero-order valence-corrected chi connectivity index (χ0v) is 8.89. The SMILES string of the molecule is CCc1c(OC(F)F)ccc(C(C)=O)c1F. The Hall–Kier alpha value is -1.52. The summed E-state index contributed by atoms with van der Waals surface area (Å²) in [6.07, 6.45) is 0.176. The third-order valence-corrected chi connectivity index (χ3v) is 2.15. The van der Waals surface area contributed by atoms with Crippen molar-refractivity contribution in [3.05, 3.63) is 29.1 Å². The van der Waals surface area contributed by atoms with Gasteiger partial charge >= 0.3 is 6.61 Å². The average Bonchev–Trinajstić information content (AvgIpc) is 2.16. The molecule has 0 unspecified atom stereocenters. The monoisotopic (exact) mass is 232 g/mol. The summed E-state index contributed by atoms with van der Waals surface area (Å²) in [5.41, 5.74) is -0.119. The zero-order chi connectivity index (χ0) is 12.3. The minimum absolute atomic E-state index is 0.00648. The van der Waals surface area contributed by atoms with Gasteiger partial charge in [-0.2, -0.15) is 8.78 Å². The van der Waals surface area contributed by atoms with Gasteiger partial charge in [0.15, 0.2) is 5.78 Å². The summed E-state index contributed by atoms with van der Waals surface area (Å²) in [6.45, 7) is -0.195. The third-order valence-electron chi connectivity index (χ3n) is 2.15. The van der Waals surface area contributed by atoms with Crippen molar-refractivity contribution in [1.82, 2.24) is 0 Å². The predicted molar refractivity (Wildman–Crippen MR) is 52.4 cm³/mol. The highest BCUT2D eigenvalue weighted by Crippen LogP contribution is 2.26. The first kappa shape index (κ1) is 12.5. The molecule has 0 heterocycles. The van der Waals surface area contributed by atoms with Crippen LogP contribution in [0, 0.1) is 5.82 Å². The summed E-state index contributed by atoms with van der Waals surface area (Å²) in [6, 6.07) is 2.33. The van der Waals surface area contributed by atoms with E-state index in [4.69, 9.17) is 0 Å². The number of Topliss-reactive ketones (excluding diaryl/α,β-unsaturated/α-hetero) is 1. The molecule has 2 nitrogen and oxygen atoms in total. The van der Waals surface area contributed by atoms with Gasteiger partial charge in [-0.05, 0) is 25.5 Å². The van der Waals surface area contributed by atoms with Crippen LogP contribution in [0.3, 0.4) is 0 Å². The third kappa shape index (κ3) is 2.53. The number of ether oxygens (including phenoxy) is 1. The van der Waals surface area contributed by atoms with Crippen LogP contribution in [0.2, 0.25) is 0 Å². The molecular formula is C11H11F3O2. The molecule has 0 amide bonds. The quantitative estimate of drug-likeness (QED) is 0.745. The second-order valence-electron chi connectivity index (χ2n) is 3.19. The van der Waals surface area contributed by atoms with Gasteiger partial charge in [0, 0.05) is 5.56 Å². The highest BCUT2D eigenvalue weighted by molar-refractivity contribution is 5.94. The summed E-state index contributed by atoms with van der Waals surface area (Å²) in [4.78, 5) is 11.0. The van der Waals surface area contributed by atoms with E-state index in [0.717, 1.165) is 6.07 Å². The van der Waals surface area contributed by atoms with E-state index >= 15 is 0 Å². The largest absolute Gasteiger partial charge is 0.434 e. The van der Waals surface area contributed by atoms with E-state index in [1.54, 1.807) is 6.92 Å². The van der Waals surface area contributed by atoms with E-state index < -0.39 is 18.2 Å². The van der Waals surface area contributed by atoms with Crippen LogP contribution in [-0.2, 0) is 6.42 Å². The number of hydrogen-bond donors (Lipinski definition) is 0. The van der Waals surface area contributed by atoms with Gasteiger partial charge in [-0.25, -0.2) is 4.39 Å². The van der Waals surface area contributed by atoms with Gasteiger partial charge in [0.2, 0.25) is 0 Å². The standard InChI is InChI=1S/C11H11F3O2/c1-3-7-9(16-11(13)14)5-4-8(6(2)15)10(7)12/h4-5,11H,3H2,1-2H3. The maximum absolute atomic E-state index is 13.7. The van der Waals surface area contributed by atoms with Crippen LogP contribution in [0.5, 0.6) is 5.75 Å². The molecule has 0 N–H and O–H groups in total. The smallest absolute Gasteiger partial charge is 0.387 e. The van der Waals surface area contributed by atoms with Gasteiger partial charge in [0.05, 0.1) is 5.56 Å². The summed E-state index contributed by atoms with van der Waals surface area (Å²) in [5, 5.41) is 0. The lowest BCUT2D eigenvalue weighted by Gasteiger charge is -2.11. The molecule has 0 aliphatic rings. The minimum atomic E-state index is -3.01. The predicted octanol–water partition coefficient (Wildman–Crippen LogP) is 3.19. The molecule has 0 bridgehead atoms. The number of rotatable bonds is 4. The molecule has 0 saturated heterocycles. The summed E-state index contributed by atoms with van der Waals surface area (Å²) < 4.78 is 41.9. The number of hydrogen-bond acceptors (Lipinski definition) is 2. The number of halogens is 3. The molecule has 0 aliphatic carbocycles. The lowest BCUT2D eigenvalue weighted by atomic mass is 10.0. The van der Waals surface area contributed by atoms with Crippen LogP contribution in [0.25, 0.3) is 0 Å². The first-order chi connectivity index (χ1) is 7.47. The number of ketones is 1. The Balaban J connectivity index is 3.23. The second-order valence-corrected chi connectivity index (χ2v) is 3.19. The van der Waals surface area contributed by atoms with Crippen molar-refractivity contribution < 1.29 is 22.7 Å². The minimum Gasteiger partial charge on any atom is -0.434 e. The number of benzene rings is 1. The molecule has 16 heavy (non-hydrogen) atoms. The van der Waals surface area contributed by atoms with Crippen LogP contribution in [0.4, 0.5) is 13.2 Å².